The third-order valence-corrected chi connectivity index (χ3v) is 8.73. The molecule has 0 heterocycles. The lowest BCUT2D eigenvalue weighted by Crippen LogP contribution is -2.37. The van der Waals surface area contributed by atoms with Crippen molar-refractivity contribution >= 4 is 21.5 Å². The molecule has 0 radical (unpaired) electrons. The molecule has 284 valence electrons. The first-order valence-electron chi connectivity index (χ1n) is 18.3. The first-order chi connectivity index (χ1) is 24.6. The van der Waals surface area contributed by atoms with E-state index in [4.69, 9.17) is 18.9 Å². The lowest BCUT2D eigenvalue weighted by atomic mass is 9.88. The van der Waals surface area contributed by atoms with Gasteiger partial charge in [-0.15, -0.1) is 0 Å². The van der Waals surface area contributed by atoms with Crippen LogP contribution < -0.4 is 9.47 Å². The van der Waals surface area contributed by atoms with Crippen LogP contribution in [0.3, 0.4) is 0 Å². The topological polar surface area (TPSA) is 138 Å². The van der Waals surface area contributed by atoms with Gasteiger partial charge in [-0.25, -0.2) is 0 Å². The SMILES string of the molecule is CCC(O)COCC(CC)(CO)COCC(O)CC.CCC(O)COc1ccc2ccccc2c1.CCC(O)COc1ccc2ccccc2c1. The zero-order valence-electron chi connectivity index (χ0n) is 31.2. The predicted octanol–water partition coefficient (Wildman–Crippen LogP) is 6.93. The number of ether oxygens (including phenoxy) is 4. The second-order valence-electron chi connectivity index (χ2n) is 12.9. The van der Waals surface area contributed by atoms with E-state index in [1.807, 2.05) is 95.3 Å². The number of aliphatic hydroxyl groups is 5. The number of hydrogen-bond acceptors (Lipinski definition) is 9. The van der Waals surface area contributed by atoms with Crippen LogP contribution in [0.5, 0.6) is 11.5 Å². The van der Waals surface area contributed by atoms with Crippen molar-refractivity contribution in [3.8, 4) is 11.5 Å². The summed E-state index contributed by atoms with van der Waals surface area (Å²) in [5.74, 6) is 1.62. The second-order valence-corrected chi connectivity index (χ2v) is 12.9. The largest absolute Gasteiger partial charge is 0.491 e. The Bertz CT molecular complexity index is 1370. The smallest absolute Gasteiger partial charge is 0.120 e. The minimum absolute atomic E-state index is 0.0338. The van der Waals surface area contributed by atoms with Gasteiger partial charge in [-0.2, -0.15) is 0 Å². The molecule has 0 spiro atoms. The Morgan fingerprint density at radius 3 is 1.18 bits per heavy atom. The number of benzene rings is 4. The van der Waals surface area contributed by atoms with Crippen LogP contribution in [0.25, 0.3) is 21.5 Å². The highest BCUT2D eigenvalue weighted by molar-refractivity contribution is 5.84. The number of aliphatic hydroxyl groups excluding tert-OH is 5. The molecule has 0 aliphatic carbocycles. The van der Waals surface area contributed by atoms with E-state index in [1.54, 1.807) is 0 Å². The zero-order valence-corrected chi connectivity index (χ0v) is 31.2. The van der Waals surface area contributed by atoms with Crippen molar-refractivity contribution in [2.24, 2.45) is 5.41 Å². The average molecular weight is 711 g/mol. The summed E-state index contributed by atoms with van der Waals surface area (Å²) in [6.07, 6.45) is 1.76. The van der Waals surface area contributed by atoms with E-state index in [2.05, 4.69) is 24.3 Å². The van der Waals surface area contributed by atoms with Crippen molar-refractivity contribution < 1.29 is 44.5 Å². The number of fused-ring (bicyclic) bond motifs is 2. The van der Waals surface area contributed by atoms with E-state index in [0.29, 0.717) is 58.5 Å². The maximum Gasteiger partial charge on any atom is 0.120 e. The highest BCUT2D eigenvalue weighted by atomic mass is 16.5. The zero-order chi connectivity index (χ0) is 37.5. The Kier molecular flexibility index (Phi) is 21.4. The van der Waals surface area contributed by atoms with Crippen molar-refractivity contribution in [1.82, 2.24) is 0 Å². The van der Waals surface area contributed by atoms with Crippen LogP contribution >= 0.6 is 0 Å². The van der Waals surface area contributed by atoms with Gasteiger partial charge >= 0.3 is 0 Å². The molecule has 4 atom stereocenters. The summed E-state index contributed by atoms with van der Waals surface area (Å²) in [4.78, 5) is 0. The third kappa shape index (κ3) is 16.7. The van der Waals surface area contributed by atoms with E-state index in [1.165, 1.54) is 10.8 Å². The van der Waals surface area contributed by atoms with Crippen LogP contribution in [0.15, 0.2) is 84.9 Å². The van der Waals surface area contributed by atoms with Crippen molar-refractivity contribution in [3.63, 3.8) is 0 Å². The fourth-order valence-electron chi connectivity index (χ4n) is 4.64. The average Bonchev–Trinajstić information content (AvgIpc) is 3.18. The van der Waals surface area contributed by atoms with Gasteiger partial charge < -0.3 is 44.5 Å². The molecule has 0 saturated carbocycles. The van der Waals surface area contributed by atoms with Gasteiger partial charge in [-0.3, -0.25) is 0 Å². The molecule has 4 rings (SSSR count). The molecular weight excluding hydrogens is 648 g/mol. The van der Waals surface area contributed by atoms with Crippen LogP contribution in [-0.2, 0) is 9.47 Å². The van der Waals surface area contributed by atoms with Crippen molar-refractivity contribution in [2.45, 2.75) is 91.1 Å². The fourth-order valence-corrected chi connectivity index (χ4v) is 4.64. The number of rotatable bonds is 20. The van der Waals surface area contributed by atoms with Gasteiger partial charge in [0, 0.05) is 5.41 Å². The maximum absolute atomic E-state index is 9.54. The molecule has 0 saturated heterocycles. The third-order valence-electron chi connectivity index (χ3n) is 8.73. The lowest BCUT2D eigenvalue weighted by Gasteiger charge is -2.30. The molecule has 0 aromatic heterocycles. The molecule has 0 fully saturated rings. The molecule has 4 aromatic rings. The quantitative estimate of drug-likeness (QED) is 0.0661. The van der Waals surface area contributed by atoms with Crippen molar-refractivity contribution in [2.75, 3.05) is 46.2 Å². The molecule has 9 nitrogen and oxygen atoms in total. The Hall–Kier alpha value is -3.28. The molecule has 4 aromatic carbocycles. The molecule has 0 aliphatic heterocycles. The summed E-state index contributed by atoms with van der Waals surface area (Å²) in [5.41, 5.74) is -0.457. The second kappa shape index (κ2) is 24.8. The monoisotopic (exact) mass is 710 g/mol. The van der Waals surface area contributed by atoms with E-state index in [9.17, 15) is 25.5 Å². The van der Waals surface area contributed by atoms with E-state index in [0.717, 1.165) is 22.3 Å². The first kappa shape index (κ1) is 43.9. The van der Waals surface area contributed by atoms with Gasteiger partial charge in [0.1, 0.15) is 24.7 Å². The standard InChI is InChI=1S/C14H30O5.2C14H16O2/c1-4-12(16)7-18-10-14(6-3,9-15)11-19-8-13(17)5-2;2*1-2-13(15)10-16-14-8-7-11-5-3-4-6-12(11)9-14/h12-13,15-17H,4-11H2,1-3H3;2*3-9,13,15H,2,10H2,1H3. The van der Waals surface area contributed by atoms with E-state index < -0.39 is 17.6 Å². The van der Waals surface area contributed by atoms with Crippen LogP contribution in [0.4, 0.5) is 0 Å². The molecule has 5 N–H and O–H groups in total. The Labute approximate surface area is 304 Å². The van der Waals surface area contributed by atoms with Gasteiger partial charge in [0.15, 0.2) is 0 Å². The van der Waals surface area contributed by atoms with Crippen molar-refractivity contribution in [3.05, 3.63) is 84.9 Å². The highest BCUT2D eigenvalue weighted by Gasteiger charge is 2.29. The molecule has 9 heteroatoms. The summed E-state index contributed by atoms with van der Waals surface area (Å²) in [6, 6.07) is 28.2. The first-order valence-corrected chi connectivity index (χ1v) is 18.3. The van der Waals surface area contributed by atoms with Crippen LogP contribution in [0.2, 0.25) is 0 Å². The van der Waals surface area contributed by atoms with Gasteiger partial charge in [0.2, 0.25) is 0 Å². The molecule has 0 amide bonds. The summed E-state index contributed by atoms with van der Waals surface area (Å²) in [5, 5.41) is 51.9. The Morgan fingerprint density at radius 1 is 0.490 bits per heavy atom. The molecule has 0 aliphatic rings. The van der Waals surface area contributed by atoms with E-state index in [-0.39, 0.29) is 32.0 Å². The summed E-state index contributed by atoms with van der Waals surface area (Å²) in [7, 11) is 0. The van der Waals surface area contributed by atoms with E-state index >= 15 is 0 Å². The van der Waals surface area contributed by atoms with Crippen LogP contribution in [0, 0.1) is 5.41 Å². The van der Waals surface area contributed by atoms with Crippen LogP contribution in [-0.4, -0.2) is 96.2 Å². The molecular formula is C42H62O9. The highest BCUT2D eigenvalue weighted by Crippen LogP contribution is 2.24. The van der Waals surface area contributed by atoms with Gasteiger partial charge in [0.05, 0.1) is 57.5 Å². The normalized spacial score (nSPS) is 14.6. The Balaban J connectivity index is 0.000000266. The summed E-state index contributed by atoms with van der Waals surface area (Å²) < 4.78 is 22.0. The lowest BCUT2D eigenvalue weighted by molar-refractivity contribution is -0.0799. The fraction of sp³-hybridized carbons (Fsp3) is 0.524. The Morgan fingerprint density at radius 2 is 0.843 bits per heavy atom. The van der Waals surface area contributed by atoms with Gasteiger partial charge in [-0.05, 0) is 77.9 Å². The van der Waals surface area contributed by atoms with Crippen molar-refractivity contribution in [1.29, 1.82) is 0 Å². The molecule has 51 heavy (non-hydrogen) atoms. The minimum atomic E-state index is -0.462. The summed E-state index contributed by atoms with van der Waals surface area (Å²) >= 11 is 0. The predicted molar refractivity (Wildman–Crippen MR) is 206 cm³/mol. The number of hydrogen-bond donors (Lipinski definition) is 5. The van der Waals surface area contributed by atoms with Crippen LogP contribution in [0.1, 0.15) is 66.7 Å². The minimum Gasteiger partial charge on any atom is -0.491 e. The van der Waals surface area contributed by atoms with Gasteiger partial charge in [0.25, 0.3) is 0 Å². The molecule has 0 bridgehead atoms. The maximum atomic E-state index is 9.54. The molecule has 4 unspecified atom stereocenters. The summed E-state index contributed by atoms with van der Waals surface area (Å²) in [6.45, 7) is 11.5. The van der Waals surface area contributed by atoms with Gasteiger partial charge in [-0.1, -0.05) is 95.3 Å².